The van der Waals surface area contributed by atoms with Crippen LogP contribution >= 0.6 is 0 Å². The number of amides is 2. The van der Waals surface area contributed by atoms with Gasteiger partial charge < -0.3 is 51.5 Å². The molecule has 3 rings (SSSR count). The number of aromatic nitrogens is 1. The Labute approximate surface area is 305 Å². The van der Waals surface area contributed by atoms with Crippen LogP contribution in [0.15, 0.2) is 60.7 Å². The molecule has 2 amide bonds. The molecule has 0 aliphatic carbocycles. The summed E-state index contributed by atoms with van der Waals surface area (Å²) in [6.07, 6.45) is 3.99. The third-order valence-electron chi connectivity index (χ3n) is 6.65. The number of aliphatic hydroxyl groups is 1. The van der Waals surface area contributed by atoms with Gasteiger partial charge in [0.05, 0.1) is 23.5 Å². The fraction of sp³-hybridized carbons (Fsp3) is 0.462. The molecule has 286 valence electrons. The maximum atomic E-state index is 13.5. The van der Waals surface area contributed by atoms with Crippen LogP contribution in [0.3, 0.4) is 0 Å². The first-order valence-electron chi connectivity index (χ1n) is 17.4. The maximum Gasteiger partial charge on any atom is 0.270 e. The lowest BCUT2D eigenvalue weighted by Gasteiger charge is -2.19. The van der Waals surface area contributed by atoms with Gasteiger partial charge in [-0.25, -0.2) is 0 Å². The van der Waals surface area contributed by atoms with E-state index in [0.717, 1.165) is 47.8 Å². The molecule has 12 nitrogen and oxygen atoms in total. The van der Waals surface area contributed by atoms with E-state index in [9.17, 15) is 24.0 Å². The molecule has 0 radical (unpaired) electrons. The van der Waals surface area contributed by atoms with Gasteiger partial charge in [0.1, 0.15) is 24.6 Å². The van der Waals surface area contributed by atoms with E-state index < -0.39 is 12.1 Å². The summed E-state index contributed by atoms with van der Waals surface area (Å²) in [6.45, 7) is 13.9. The Hall–Kier alpha value is -4.65. The summed E-state index contributed by atoms with van der Waals surface area (Å²) < 4.78 is 2.06. The number of nitrogens with zero attached hydrogens (tertiary/aromatic N) is 1. The largest absolute Gasteiger partial charge is 0.400 e. The number of carbonyl (C=O) groups excluding carboxylic acids is 5. The monoisotopic (exact) mass is 712 g/mol. The molecule has 0 spiro atoms. The van der Waals surface area contributed by atoms with Gasteiger partial charge in [0, 0.05) is 39.1 Å². The zero-order chi connectivity index (χ0) is 39.8. The van der Waals surface area contributed by atoms with Gasteiger partial charge in [0.2, 0.25) is 5.91 Å². The lowest BCUT2D eigenvalue weighted by Crippen LogP contribution is -2.38. The number of anilines is 1. The predicted octanol–water partition coefficient (Wildman–Crippen LogP) is 5.39. The minimum atomic E-state index is -0.577. The van der Waals surface area contributed by atoms with Crippen LogP contribution < -0.4 is 27.4 Å². The molecule has 12 heteroatoms. The van der Waals surface area contributed by atoms with E-state index in [2.05, 4.69) is 52.2 Å². The summed E-state index contributed by atoms with van der Waals surface area (Å²) >= 11 is 0. The number of benzene rings is 2. The van der Waals surface area contributed by atoms with Crippen LogP contribution in [0.25, 0.3) is 22.4 Å². The van der Waals surface area contributed by atoms with E-state index in [-0.39, 0.29) is 17.9 Å². The van der Waals surface area contributed by atoms with Crippen molar-refractivity contribution in [3.05, 3.63) is 66.4 Å². The quantitative estimate of drug-likeness (QED) is 0.112. The van der Waals surface area contributed by atoms with Gasteiger partial charge >= 0.3 is 0 Å². The molecule has 2 aromatic carbocycles. The molecule has 0 aliphatic rings. The zero-order valence-corrected chi connectivity index (χ0v) is 32.4. The van der Waals surface area contributed by atoms with Crippen LogP contribution in [-0.4, -0.2) is 80.2 Å². The average Bonchev–Trinajstić information content (AvgIpc) is 3.55. The van der Waals surface area contributed by atoms with Crippen LogP contribution in [0.5, 0.6) is 0 Å². The van der Waals surface area contributed by atoms with E-state index in [1.807, 2.05) is 83.3 Å². The number of carbonyl (C=O) groups is 5. The first-order chi connectivity index (χ1) is 24.7. The molecule has 2 atom stereocenters. The number of aliphatic hydroxyl groups excluding tert-OH is 1. The van der Waals surface area contributed by atoms with Crippen molar-refractivity contribution >= 4 is 36.4 Å². The second-order valence-electron chi connectivity index (χ2n) is 10.2. The molecular formula is C39H64N6O6. The molecule has 2 unspecified atom stereocenters. The lowest BCUT2D eigenvalue weighted by atomic mass is 9.99. The number of aldehydes is 3. The highest BCUT2D eigenvalue weighted by atomic mass is 16.2. The summed E-state index contributed by atoms with van der Waals surface area (Å²) in [7, 11) is 4.32. The Morgan fingerprint density at radius 1 is 0.804 bits per heavy atom. The number of nitrogens with two attached hydrogens (primary N) is 2. The van der Waals surface area contributed by atoms with Crippen molar-refractivity contribution in [3.8, 4) is 22.4 Å². The van der Waals surface area contributed by atoms with Gasteiger partial charge in [0.15, 0.2) is 0 Å². The fourth-order valence-corrected chi connectivity index (χ4v) is 4.77. The van der Waals surface area contributed by atoms with E-state index in [1.54, 1.807) is 0 Å². The van der Waals surface area contributed by atoms with Crippen molar-refractivity contribution < 1.29 is 29.1 Å². The second kappa shape index (κ2) is 32.5. The maximum absolute atomic E-state index is 13.5. The third-order valence-corrected chi connectivity index (χ3v) is 6.65. The molecular weight excluding hydrogens is 648 g/mol. The molecule has 3 aromatic rings. The topological polar surface area (TPSA) is 199 Å². The van der Waals surface area contributed by atoms with Crippen LogP contribution in [0.1, 0.15) is 90.7 Å². The summed E-state index contributed by atoms with van der Waals surface area (Å²) in [5, 5.41) is 15.6. The Bertz CT molecular complexity index is 1350. The van der Waals surface area contributed by atoms with Crippen molar-refractivity contribution in [1.29, 1.82) is 0 Å². The lowest BCUT2D eigenvalue weighted by molar-refractivity contribution is -0.122. The van der Waals surface area contributed by atoms with Crippen LogP contribution in [0, 0.1) is 0 Å². The molecule has 0 fully saturated rings. The Morgan fingerprint density at radius 3 is 1.67 bits per heavy atom. The van der Waals surface area contributed by atoms with E-state index in [1.165, 1.54) is 14.0 Å². The van der Waals surface area contributed by atoms with Crippen molar-refractivity contribution in [2.24, 2.45) is 11.5 Å². The number of hydrogen-bond donors (Lipinski definition) is 6. The van der Waals surface area contributed by atoms with Crippen molar-refractivity contribution in [3.63, 3.8) is 0 Å². The molecule has 1 heterocycles. The van der Waals surface area contributed by atoms with E-state index in [4.69, 9.17) is 10.8 Å². The van der Waals surface area contributed by atoms with Gasteiger partial charge in [-0.1, -0.05) is 88.4 Å². The highest BCUT2D eigenvalue weighted by Gasteiger charge is 2.30. The van der Waals surface area contributed by atoms with Crippen molar-refractivity contribution in [1.82, 2.24) is 15.2 Å². The van der Waals surface area contributed by atoms with Gasteiger partial charge in [0.25, 0.3) is 5.91 Å². The van der Waals surface area contributed by atoms with Crippen LogP contribution in [0.4, 0.5) is 5.69 Å². The summed E-state index contributed by atoms with van der Waals surface area (Å²) in [4.78, 5) is 55.7. The molecule has 0 saturated carbocycles. The Kier molecular flexibility index (Phi) is 32.4. The van der Waals surface area contributed by atoms with Crippen molar-refractivity contribution in [2.45, 2.75) is 92.3 Å². The normalized spacial score (nSPS) is 10.5. The first kappa shape index (κ1) is 50.7. The minimum Gasteiger partial charge on any atom is -0.400 e. The van der Waals surface area contributed by atoms with Gasteiger partial charge in [-0.2, -0.15) is 0 Å². The Morgan fingerprint density at radius 2 is 1.27 bits per heavy atom. The summed E-state index contributed by atoms with van der Waals surface area (Å²) in [5.74, 6) is -0.537. The highest BCUT2D eigenvalue weighted by molar-refractivity contribution is 6.07. The molecule has 1 aromatic heterocycles. The zero-order valence-electron chi connectivity index (χ0n) is 32.4. The fourth-order valence-electron chi connectivity index (χ4n) is 4.77. The van der Waals surface area contributed by atoms with Crippen LogP contribution in [0.2, 0.25) is 0 Å². The second-order valence-corrected chi connectivity index (χ2v) is 10.2. The van der Waals surface area contributed by atoms with Crippen LogP contribution in [-0.2, 0) is 19.2 Å². The molecule has 0 aliphatic heterocycles. The SMILES string of the molecule is CC.CC.CC(=O)NC(C=O)CCC=O.CN.CNc1c(-c2ccccc2)c(-c2ccccc2)n(C(C)C)c1C(=O)NC(C=O)CCCN.CO. The minimum absolute atomic E-state index is 0.00856. The van der Waals surface area contributed by atoms with E-state index in [0.29, 0.717) is 44.2 Å². The standard InChI is InChI=1S/C26H32N4O2.C7H11NO3.2C2H6.CH5N.CH4O/c1-18(2)30-24(20-13-8-5-9-14-20)22(19-11-6-4-7-12-19)23(28-3)25(30)26(32)29-21(17-31)15-10-16-27;1-6(11)8-7(5-10)3-2-4-9;4*1-2/h4-9,11-14,17-18,21,28H,10,15-16,27H2,1-3H3,(H,29,32);4-5,7H,2-3H2,1H3,(H,8,11);2*1-2H3;2H2,1H3;2H,1H3. The molecule has 8 N–H and O–H groups in total. The molecule has 0 bridgehead atoms. The van der Waals surface area contributed by atoms with Crippen molar-refractivity contribution in [2.75, 3.05) is 33.1 Å². The smallest absolute Gasteiger partial charge is 0.270 e. The third kappa shape index (κ3) is 17.7. The number of hydrogen-bond acceptors (Lipinski definition) is 9. The number of rotatable bonds is 15. The summed E-state index contributed by atoms with van der Waals surface area (Å²) in [5.41, 5.74) is 15.3. The van der Waals surface area contributed by atoms with Gasteiger partial charge in [-0.3, -0.25) is 9.59 Å². The Balaban J connectivity index is -0.00000102. The predicted molar refractivity (Wildman–Crippen MR) is 211 cm³/mol. The number of nitrogens with one attached hydrogen (secondary N) is 3. The molecule has 51 heavy (non-hydrogen) atoms. The van der Waals surface area contributed by atoms with E-state index >= 15 is 0 Å². The average molecular weight is 713 g/mol. The van der Waals surface area contributed by atoms with Gasteiger partial charge in [-0.05, 0) is 57.8 Å². The first-order valence-corrected chi connectivity index (χ1v) is 17.4. The van der Waals surface area contributed by atoms with Gasteiger partial charge in [-0.15, -0.1) is 0 Å². The molecule has 0 saturated heterocycles. The highest BCUT2D eigenvalue weighted by Crippen LogP contribution is 2.44. The summed E-state index contributed by atoms with van der Waals surface area (Å²) in [6, 6.07) is 19.0.